The fraction of sp³-hybridized carbons (Fsp3) is 0.364. The van der Waals surface area contributed by atoms with Gasteiger partial charge in [-0.25, -0.2) is 0 Å². The number of hydrogen-bond acceptors (Lipinski definition) is 4. The lowest BCUT2D eigenvalue weighted by Gasteiger charge is -2.20. The summed E-state index contributed by atoms with van der Waals surface area (Å²) in [7, 11) is 0. The van der Waals surface area contributed by atoms with Crippen molar-refractivity contribution >= 4 is 23.1 Å². The van der Waals surface area contributed by atoms with Crippen LogP contribution in [0.4, 0.5) is 5.69 Å². The van der Waals surface area contributed by atoms with Crippen LogP contribution < -0.4 is 4.74 Å². The van der Waals surface area contributed by atoms with Gasteiger partial charge in [0.05, 0.1) is 4.92 Å². The minimum atomic E-state index is -0.486. The maximum absolute atomic E-state index is 10.8. The van der Waals surface area contributed by atoms with E-state index in [-0.39, 0.29) is 16.6 Å². The maximum atomic E-state index is 10.8. The standard InChI is InChI=1S/C11H14N2O3S/c1-3-12(4-2)11(17)16-10-8-6-5-7-9(10)13(14)15/h5-8H,3-4H2,1-2H3. The molecule has 0 aliphatic heterocycles. The van der Waals surface area contributed by atoms with Gasteiger partial charge in [0.25, 0.3) is 5.17 Å². The third kappa shape index (κ3) is 3.39. The Morgan fingerprint density at radius 1 is 1.41 bits per heavy atom. The van der Waals surface area contributed by atoms with E-state index in [4.69, 9.17) is 17.0 Å². The molecule has 0 saturated carbocycles. The van der Waals surface area contributed by atoms with E-state index in [0.717, 1.165) is 0 Å². The first-order valence-electron chi connectivity index (χ1n) is 5.30. The quantitative estimate of drug-likeness (QED) is 0.469. The van der Waals surface area contributed by atoms with Gasteiger partial charge in [0, 0.05) is 19.2 Å². The van der Waals surface area contributed by atoms with Crippen LogP contribution in [0, 0.1) is 10.1 Å². The van der Waals surface area contributed by atoms with Crippen LogP contribution in [0.15, 0.2) is 24.3 Å². The maximum Gasteiger partial charge on any atom is 0.311 e. The van der Waals surface area contributed by atoms with Gasteiger partial charge in [0.15, 0.2) is 0 Å². The highest BCUT2D eigenvalue weighted by Crippen LogP contribution is 2.26. The number of hydrogen-bond donors (Lipinski definition) is 0. The zero-order valence-corrected chi connectivity index (χ0v) is 10.6. The summed E-state index contributed by atoms with van der Waals surface area (Å²) in [6, 6.07) is 6.19. The molecule has 0 unspecified atom stereocenters. The number of nitro benzene ring substituents is 1. The lowest BCUT2D eigenvalue weighted by Crippen LogP contribution is -2.32. The molecule has 0 amide bonds. The molecule has 0 bridgehead atoms. The van der Waals surface area contributed by atoms with Crippen LogP contribution in [0.1, 0.15) is 13.8 Å². The first-order chi connectivity index (χ1) is 8.10. The average Bonchev–Trinajstić information content (AvgIpc) is 2.31. The van der Waals surface area contributed by atoms with Gasteiger partial charge in [0.1, 0.15) is 0 Å². The molecule has 1 aromatic rings. The van der Waals surface area contributed by atoms with E-state index in [2.05, 4.69) is 0 Å². The van der Waals surface area contributed by atoms with E-state index in [1.54, 1.807) is 12.1 Å². The Morgan fingerprint density at radius 3 is 2.53 bits per heavy atom. The van der Waals surface area contributed by atoms with Crippen molar-refractivity contribution in [2.24, 2.45) is 0 Å². The highest BCUT2D eigenvalue weighted by molar-refractivity contribution is 7.80. The Kier molecular flexibility index (Phi) is 4.84. The predicted molar refractivity (Wildman–Crippen MR) is 69.2 cm³/mol. The molecule has 0 aromatic heterocycles. The Bertz CT molecular complexity index is 419. The summed E-state index contributed by atoms with van der Waals surface area (Å²) in [5, 5.41) is 11.0. The number of benzene rings is 1. The summed E-state index contributed by atoms with van der Waals surface area (Å²) >= 11 is 5.08. The summed E-state index contributed by atoms with van der Waals surface area (Å²) in [5.41, 5.74) is -0.0815. The molecule has 17 heavy (non-hydrogen) atoms. The molecule has 0 saturated heterocycles. The van der Waals surface area contributed by atoms with E-state index in [1.807, 2.05) is 18.7 Å². The highest BCUT2D eigenvalue weighted by Gasteiger charge is 2.17. The average molecular weight is 254 g/mol. The molecule has 0 aliphatic rings. The molecule has 0 radical (unpaired) electrons. The minimum absolute atomic E-state index is 0.0815. The van der Waals surface area contributed by atoms with Crippen molar-refractivity contribution in [3.8, 4) is 5.75 Å². The Balaban J connectivity index is 2.88. The molecule has 0 N–H and O–H groups in total. The molecule has 92 valence electrons. The van der Waals surface area contributed by atoms with Crippen LogP contribution in [0.5, 0.6) is 5.75 Å². The molecule has 0 aliphatic carbocycles. The second-order valence-electron chi connectivity index (χ2n) is 3.27. The van der Waals surface area contributed by atoms with E-state index >= 15 is 0 Å². The third-order valence-electron chi connectivity index (χ3n) is 2.28. The van der Waals surface area contributed by atoms with Crippen LogP contribution in [0.3, 0.4) is 0 Å². The molecule has 1 rings (SSSR count). The summed E-state index contributed by atoms with van der Waals surface area (Å²) < 4.78 is 5.37. The van der Waals surface area contributed by atoms with Gasteiger partial charge in [-0.1, -0.05) is 12.1 Å². The zero-order valence-electron chi connectivity index (χ0n) is 9.75. The first-order valence-corrected chi connectivity index (χ1v) is 5.71. The van der Waals surface area contributed by atoms with Crippen molar-refractivity contribution in [1.82, 2.24) is 4.90 Å². The number of rotatable bonds is 4. The van der Waals surface area contributed by atoms with Gasteiger partial charge in [-0.05, 0) is 32.1 Å². The van der Waals surface area contributed by atoms with Crippen molar-refractivity contribution in [1.29, 1.82) is 0 Å². The van der Waals surface area contributed by atoms with Crippen molar-refractivity contribution in [3.63, 3.8) is 0 Å². The SMILES string of the molecule is CCN(CC)C(=S)Oc1ccccc1[N+](=O)[O-]. The number of para-hydroxylation sites is 2. The van der Waals surface area contributed by atoms with Gasteiger partial charge in [-0.15, -0.1) is 0 Å². The first kappa shape index (κ1) is 13.4. The lowest BCUT2D eigenvalue weighted by atomic mass is 10.3. The number of nitrogens with zero attached hydrogens (tertiary/aromatic N) is 2. The smallest absolute Gasteiger partial charge is 0.311 e. The molecule has 0 heterocycles. The van der Waals surface area contributed by atoms with Crippen molar-refractivity contribution in [3.05, 3.63) is 34.4 Å². The van der Waals surface area contributed by atoms with Gasteiger partial charge >= 0.3 is 5.69 Å². The van der Waals surface area contributed by atoms with Crippen LogP contribution >= 0.6 is 12.2 Å². The molecule has 0 fully saturated rings. The zero-order chi connectivity index (χ0) is 12.8. The number of thiocarbonyl (C=S) groups is 1. The van der Waals surface area contributed by atoms with Crippen molar-refractivity contribution in [2.75, 3.05) is 13.1 Å². The van der Waals surface area contributed by atoms with Gasteiger partial charge in [-0.2, -0.15) is 0 Å². The lowest BCUT2D eigenvalue weighted by molar-refractivity contribution is -0.385. The topological polar surface area (TPSA) is 55.6 Å². The summed E-state index contributed by atoms with van der Waals surface area (Å²) in [4.78, 5) is 12.1. The summed E-state index contributed by atoms with van der Waals surface area (Å²) in [6.45, 7) is 5.29. The fourth-order valence-electron chi connectivity index (χ4n) is 1.33. The number of nitro groups is 1. The Hall–Kier alpha value is -1.69. The number of ether oxygens (including phenoxy) is 1. The van der Waals surface area contributed by atoms with Crippen LogP contribution in [-0.4, -0.2) is 28.1 Å². The molecule has 0 spiro atoms. The monoisotopic (exact) mass is 254 g/mol. The Labute approximate surface area is 105 Å². The van der Waals surface area contributed by atoms with E-state index in [9.17, 15) is 10.1 Å². The van der Waals surface area contributed by atoms with Gasteiger partial charge in [0.2, 0.25) is 5.75 Å². The molecular weight excluding hydrogens is 240 g/mol. The van der Waals surface area contributed by atoms with Crippen molar-refractivity contribution in [2.45, 2.75) is 13.8 Å². The Morgan fingerprint density at radius 2 is 2.00 bits per heavy atom. The van der Waals surface area contributed by atoms with E-state index in [1.165, 1.54) is 12.1 Å². The molecule has 1 aromatic carbocycles. The van der Waals surface area contributed by atoms with Crippen molar-refractivity contribution < 1.29 is 9.66 Å². The molecule has 6 heteroatoms. The van der Waals surface area contributed by atoms with Crippen LogP contribution in [0.2, 0.25) is 0 Å². The van der Waals surface area contributed by atoms with Gasteiger partial charge in [-0.3, -0.25) is 10.1 Å². The van der Waals surface area contributed by atoms with Crippen LogP contribution in [-0.2, 0) is 0 Å². The third-order valence-corrected chi connectivity index (χ3v) is 2.62. The second-order valence-corrected chi connectivity index (χ2v) is 3.61. The van der Waals surface area contributed by atoms with E-state index < -0.39 is 4.92 Å². The van der Waals surface area contributed by atoms with Gasteiger partial charge < -0.3 is 9.64 Å². The highest BCUT2D eigenvalue weighted by atomic mass is 32.1. The molecular formula is C11H14N2O3S. The van der Waals surface area contributed by atoms with Crippen LogP contribution in [0.25, 0.3) is 0 Å². The fourth-order valence-corrected chi connectivity index (χ4v) is 1.68. The molecule has 5 nitrogen and oxygen atoms in total. The summed E-state index contributed by atoms with van der Waals surface area (Å²) in [5.74, 6) is 0.175. The molecule has 0 atom stereocenters. The summed E-state index contributed by atoms with van der Waals surface area (Å²) in [6.07, 6.45) is 0. The normalized spacial score (nSPS) is 9.76. The predicted octanol–water partition coefficient (Wildman–Crippen LogP) is 2.60. The minimum Gasteiger partial charge on any atom is -0.424 e. The largest absolute Gasteiger partial charge is 0.424 e. The van der Waals surface area contributed by atoms with E-state index in [0.29, 0.717) is 13.1 Å². The second kappa shape index (κ2) is 6.15.